The van der Waals surface area contributed by atoms with Gasteiger partial charge in [0.25, 0.3) is 0 Å². The zero-order chi connectivity index (χ0) is 13.2. The van der Waals surface area contributed by atoms with Gasteiger partial charge in [-0.1, -0.05) is 26.0 Å². The smallest absolute Gasteiger partial charge is 0.119 e. The lowest BCUT2D eigenvalue weighted by molar-refractivity contribution is 0.175. The van der Waals surface area contributed by atoms with Crippen molar-refractivity contribution in [2.24, 2.45) is 17.6 Å². The second-order valence-electron chi connectivity index (χ2n) is 6.09. The highest BCUT2D eigenvalue weighted by Crippen LogP contribution is 2.36. The van der Waals surface area contributed by atoms with Crippen molar-refractivity contribution in [2.45, 2.75) is 45.1 Å². The molecule has 0 spiro atoms. The Hall–Kier alpha value is -1.02. The molecule has 1 aromatic rings. The summed E-state index contributed by atoms with van der Waals surface area (Å²) in [7, 11) is 1.71. The van der Waals surface area contributed by atoms with Crippen LogP contribution in [0, 0.1) is 11.8 Å². The zero-order valence-corrected chi connectivity index (χ0v) is 11.8. The SMILES string of the molecule is COc1cccc(CC2(N)CCC(C)C(C)C2)c1. The molecule has 0 heterocycles. The van der Waals surface area contributed by atoms with Gasteiger partial charge < -0.3 is 10.5 Å². The van der Waals surface area contributed by atoms with Crippen LogP contribution in [-0.2, 0) is 6.42 Å². The third-order valence-electron chi connectivity index (χ3n) is 4.49. The molecule has 1 saturated carbocycles. The predicted octanol–water partition coefficient (Wildman–Crippen LogP) is 3.39. The highest BCUT2D eigenvalue weighted by molar-refractivity contribution is 5.29. The third kappa shape index (κ3) is 3.05. The van der Waals surface area contributed by atoms with E-state index in [-0.39, 0.29) is 5.54 Å². The van der Waals surface area contributed by atoms with Crippen LogP contribution in [0.5, 0.6) is 5.75 Å². The molecule has 0 aromatic heterocycles. The summed E-state index contributed by atoms with van der Waals surface area (Å²) < 4.78 is 5.27. The van der Waals surface area contributed by atoms with E-state index in [1.807, 2.05) is 12.1 Å². The lowest BCUT2D eigenvalue weighted by Crippen LogP contribution is -2.47. The quantitative estimate of drug-likeness (QED) is 0.888. The minimum absolute atomic E-state index is 0.0295. The standard InChI is InChI=1S/C16H25NO/c1-12-7-8-16(17,10-13(12)2)11-14-5-4-6-15(9-14)18-3/h4-6,9,12-13H,7-8,10-11,17H2,1-3H3. The van der Waals surface area contributed by atoms with E-state index < -0.39 is 0 Å². The molecular weight excluding hydrogens is 222 g/mol. The normalized spacial score (nSPS) is 32.2. The summed E-state index contributed by atoms with van der Waals surface area (Å²) in [6.45, 7) is 4.67. The molecule has 1 fully saturated rings. The minimum atomic E-state index is -0.0295. The van der Waals surface area contributed by atoms with Gasteiger partial charge in [-0.3, -0.25) is 0 Å². The van der Waals surface area contributed by atoms with E-state index >= 15 is 0 Å². The molecular formula is C16H25NO. The van der Waals surface area contributed by atoms with Crippen molar-refractivity contribution >= 4 is 0 Å². The molecule has 2 heteroatoms. The Kier molecular flexibility index (Phi) is 3.96. The van der Waals surface area contributed by atoms with Gasteiger partial charge in [-0.2, -0.15) is 0 Å². The van der Waals surface area contributed by atoms with E-state index in [1.165, 1.54) is 12.0 Å². The lowest BCUT2D eigenvalue weighted by Gasteiger charge is -2.40. The number of hydrogen-bond acceptors (Lipinski definition) is 2. The molecule has 1 aliphatic rings. The number of rotatable bonds is 3. The molecule has 0 radical (unpaired) electrons. The second kappa shape index (κ2) is 5.31. The topological polar surface area (TPSA) is 35.2 Å². The maximum Gasteiger partial charge on any atom is 0.119 e. The van der Waals surface area contributed by atoms with Crippen LogP contribution in [0.4, 0.5) is 0 Å². The Morgan fingerprint density at radius 2 is 2.11 bits per heavy atom. The van der Waals surface area contributed by atoms with E-state index in [0.29, 0.717) is 0 Å². The van der Waals surface area contributed by atoms with Crippen LogP contribution in [0.2, 0.25) is 0 Å². The molecule has 0 bridgehead atoms. The first kappa shape index (κ1) is 13.4. The number of hydrogen-bond donors (Lipinski definition) is 1. The summed E-state index contributed by atoms with van der Waals surface area (Å²) in [5, 5.41) is 0. The Morgan fingerprint density at radius 3 is 2.78 bits per heavy atom. The molecule has 2 rings (SSSR count). The van der Waals surface area contributed by atoms with Crippen LogP contribution in [0.3, 0.4) is 0 Å². The maximum absolute atomic E-state index is 6.59. The van der Waals surface area contributed by atoms with E-state index in [4.69, 9.17) is 10.5 Å². The van der Waals surface area contributed by atoms with Gasteiger partial charge in [0.05, 0.1) is 7.11 Å². The Bertz CT molecular complexity index is 404. The average molecular weight is 247 g/mol. The van der Waals surface area contributed by atoms with Crippen LogP contribution in [-0.4, -0.2) is 12.6 Å². The van der Waals surface area contributed by atoms with E-state index in [0.717, 1.165) is 36.8 Å². The molecule has 100 valence electrons. The molecule has 3 atom stereocenters. The fourth-order valence-corrected chi connectivity index (χ4v) is 3.09. The van der Waals surface area contributed by atoms with Crippen molar-refractivity contribution < 1.29 is 4.74 Å². The summed E-state index contributed by atoms with van der Waals surface area (Å²) in [6.07, 6.45) is 4.48. The first-order valence-electron chi connectivity index (χ1n) is 6.94. The molecule has 0 amide bonds. The summed E-state index contributed by atoms with van der Waals surface area (Å²) >= 11 is 0. The fourth-order valence-electron chi connectivity index (χ4n) is 3.09. The largest absolute Gasteiger partial charge is 0.497 e. The van der Waals surface area contributed by atoms with Crippen LogP contribution in [0.25, 0.3) is 0 Å². The van der Waals surface area contributed by atoms with Gasteiger partial charge >= 0.3 is 0 Å². The molecule has 0 aliphatic heterocycles. The van der Waals surface area contributed by atoms with Crippen LogP contribution >= 0.6 is 0 Å². The summed E-state index contributed by atoms with van der Waals surface area (Å²) in [5.41, 5.74) is 7.86. The van der Waals surface area contributed by atoms with Gasteiger partial charge in [-0.15, -0.1) is 0 Å². The van der Waals surface area contributed by atoms with Gasteiger partial charge in [0.1, 0.15) is 5.75 Å². The summed E-state index contributed by atoms with van der Waals surface area (Å²) in [4.78, 5) is 0. The van der Waals surface area contributed by atoms with Crippen molar-refractivity contribution in [3.63, 3.8) is 0 Å². The first-order chi connectivity index (χ1) is 8.52. The highest BCUT2D eigenvalue weighted by atomic mass is 16.5. The number of benzene rings is 1. The fraction of sp³-hybridized carbons (Fsp3) is 0.625. The summed E-state index contributed by atoms with van der Waals surface area (Å²) in [6, 6.07) is 8.29. The van der Waals surface area contributed by atoms with Crippen LogP contribution < -0.4 is 10.5 Å². The Morgan fingerprint density at radius 1 is 1.33 bits per heavy atom. The first-order valence-corrected chi connectivity index (χ1v) is 6.94. The monoisotopic (exact) mass is 247 g/mol. The van der Waals surface area contributed by atoms with E-state index in [9.17, 15) is 0 Å². The van der Waals surface area contributed by atoms with E-state index in [2.05, 4.69) is 26.0 Å². The molecule has 3 unspecified atom stereocenters. The Balaban J connectivity index is 2.07. The number of nitrogens with two attached hydrogens (primary N) is 1. The average Bonchev–Trinajstić information content (AvgIpc) is 2.34. The minimum Gasteiger partial charge on any atom is -0.497 e. The van der Waals surface area contributed by atoms with Crippen molar-refractivity contribution in [3.05, 3.63) is 29.8 Å². The summed E-state index contributed by atoms with van der Waals surface area (Å²) in [5.74, 6) is 2.47. The van der Waals surface area contributed by atoms with Gasteiger partial charge in [-0.25, -0.2) is 0 Å². The molecule has 2 nitrogen and oxygen atoms in total. The molecule has 2 N–H and O–H groups in total. The number of methoxy groups -OCH3 is 1. The van der Waals surface area contributed by atoms with Gasteiger partial charge in [0, 0.05) is 5.54 Å². The third-order valence-corrected chi connectivity index (χ3v) is 4.49. The second-order valence-corrected chi connectivity index (χ2v) is 6.09. The molecule has 0 saturated heterocycles. The van der Waals surface area contributed by atoms with Gasteiger partial charge in [0.15, 0.2) is 0 Å². The van der Waals surface area contributed by atoms with E-state index in [1.54, 1.807) is 7.11 Å². The lowest BCUT2D eigenvalue weighted by atomic mass is 9.69. The maximum atomic E-state index is 6.59. The molecule has 1 aliphatic carbocycles. The van der Waals surface area contributed by atoms with Crippen LogP contribution in [0.15, 0.2) is 24.3 Å². The van der Waals surface area contributed by atoms with Crippen LogP contribution in [0.1, 0.15) is 38.7 Å². The highest BCUT2D eigenvalue weighted by Gasteiger charge is 2.34. The van der Waals surface area contributed by atoms with Gasteiger partial charge in [-0.05, 0) is 55.2 Å². The molecule has 18 heavy (non-hydrogen) atoms. The Labute approximate surface area is 111 Å². The number of ether oxygens (including phenoxy) is 1. The molecule has 1 aromatic carbocycles. The van der Waals surface area contributed by atoms with Crippen molar-refractivity contribution in [1.29, 1.82) is 0 Å². The van der Waals surface area contributed by atoms with Crippen molar-refractivity contribution in [3.8, 4) is 5.75 Å². The predicted molar refractivity (Wildman–Crippen MR) is 75.8 cm³/mol. The zero-order valence-electron chi connectivity index (χ0n) is 11.8. The van der Waals surface area contributed by atoms with Gasteiger partial charge in [0.2, 0.25) is 0 Å². The van der Waals surface area contributed by atoms with Crippen molar-refractivity contribution in [2.75, 3.05) is 7.11 Å². The van der Waals surface area contributed by atoms with Crippen molar-refractivity contribution in [1.82, 2.24) is 0 Å².